The topological polar surface area (TPSA) is 84.8 Å². The number of nitrogen functional groups attached to an aromatic ring is 1. The minimum atomic E-state index is 0.157. The van der Waals surface area contributed by atoms with Crippen LogP contribution in [0.3, 0.4) is 0 Å². The Morgan fingerprint density at radius 2 is 2.22 bits per heavy atom. The van der Waals surface area contributed by atoms with Crippen LogP contribution in [0.1, 0.15) is 5.56 Å². The lowest BCUT2D eigenvalue weighted by Gasteiger charge is -2.08. The third-order valence-electron chi connectivity index (χ3n) is 2.34. The lowest BCUT2D eigenvalue weighted by atomic mass is 10.2. The van der Waals surface area contributed by atoms with Crippen LogP contribution in [0.4, 0.5) is 5.82 Å². The molecule has 90 valence electrons. The van der Waals surface area contributed by atoms with Crippen molar-refractivity contribution in [3.8, 4) is 23.2 Å². The lowest BCUT2D eigenvalue weighted by molar-refractivity contribution is 0.416. The second kappa shape index (κ2) is 5.02. The van der Waals surface area contributed by atoms with E-state index in [0.29, 0.717) is 17.1 Å². The standard InChI is InChI=1S/C12H9BrN4O/c1-18-10-3-2-8(13)4-9(10)12-16-6-7(5-14)11(15)17-12/h2-4,6H,1H3,(H2,15,16,17). The number of nitrogens with two attached hydrogens (primary N) is 1. The molecule has 0 aliphatic carbocycles. The number of hydrogen-bond donors (Lipinski definition) is 1. The van der Waals surface area contributed by atoms with Gasteiger partial charge in [-0.3, -0.25) is 0 Å². The highest BCUT2D eigenvalue weighted by Crippen LogP contribution is 2.30. The van der Waals surface area contributed by atoms with Crippen molar-refractivity contribution < 1.29 is 4.74 Å². The Morgan fingerprint density at radius 3 is 2.83 bits per heavy atom. The molecule has 1 heterocycles. The minimum Gasteiger partial charge on any atom is -0.496 e. The Labute approximate surface area is 112 Å². The molecule has 0 atom stereocenters. The summed E-state index contributed by atoms with van der Waals surface area (Å²) in [5.41, 5.74) is 6.64. The van der Waals surface area contributed by atoms with Gasteiger partial charge in [0.25, 0.3) is 0 Å². The van der Waals surface area contributed by atoms with Crippen LogP contribution in [0, 0.1) is 11.3 Å². The van der Waals surface area contributed by atoms with Gasteiger partial charge in [-0.1, -0.05) is 15.9 Å². The molecule has 0 unspecified atom stereocenters. The number of ether oxygens (including phenoxy) is 1. The summed E-state index contributed by atoms with van der Waals surface area (Å²) >= 11 is 3.37. The average Bonchev–Trinajstić information content (AvgIpc) is 2.38. The number of aromatic nitrogens is 2. The summed E-state index contributed by atoms with van der Waals surface area (Å²) in [6, 6.07) is 7.42. The summed E-state index contributed by atoms with van der Waals surface area (Å²) in [5.74, 6) is 1.22. The van der Waals surface area contributed by atoms with E-state index in [1.165, 1.54) is 6.20 Å². The number of hydrogen-bond acceptors (Lipinski definition) is 5. The Balaban J connectivity index is 2.58. The second-order valence-electron chi connectivity index (χ2n) is 3.45. The number of rotatable bonds is 2. The van der Waals surface area contributed by atoms with Gasteiger partial charge in [-0.05, 0) is 18.2 Å². The van der Waals surface area contributed by atoms with E-state index >= 15 is 0 Å². The molecule has 2 rings (SSSR count). The van der Waals surface area contributed by atoms with Gasteiger partial charge in [0, 0.05) is 4.47 Å². The first-order chi connectivity index (χ1) is 8.65. The number of methoxy groups -OCH3 is 1. The van der Waals surface area contributed by atoms with E-state index in [0.717, 1.165) is 4.47 Å². The molecule has 0 radical (unpaired) electrons. The summed E-state index contributed by atoms with van der Waals surface area (Å²) < 4.78 is 6.12. The molecular formula is C12H9BrN4O. The molecule has 5 nitrogen and oxygen atoms in total. The Morgan fingerprint density at radius 1 is 1.44 bits per heavy atom. The van der Waals surface area contributed by atoms with Crippen molar-refractivity contribution in [2.24, 2.45) is 0 Å². The maximum atomic E-state index is 8.78. The van der Waals surface area contributed by atoms with Gasteiger partial charge in [-0.15, -0.1) is 0 Å². The van der Waals surface area contributed by atoms with Crippen molar-refractivity contribution in [3.05, 3.63) is 34.4 Å². The van der Waals surface area contributed by atoms with Crippen molar-refractivity contribution in [1.82, 2.24) is 9.97 Å². The van der Waals surface area contributed by atoms with Crippen LogP contribution in [0.2, 0.25) is 0 Å². The van der Waals surface area contributed by atoms with Crippen LogP contribution in [0.15, 0.2) is 28.9 Å². The van der Waals surface area contributed by atoms with Crippen molar-refractivity contribution in [2.75, 3.05) is 12.8 Å². The van der Waals surface area contributed by atoms with Gasteiger partial charge >= 0.3 is 0 Å². The van der Waals surface area contributed by atoms with Crippen LogP contribution >= 0.6 is 15.9 Å². The number of anilines is 1. The summed E-state index contributed by atoms with van der Waals surface area (Å²) in [5, 5.41) is 8.78. The third-order valence-corrected chi connectivity index (χ3v) is 2.83. The Hall–Kier alpha value is -2.13. The molecule has 0 aliphatic heterocycles. The maximum Gasteiger partial charge on any atom is 0.165 e. The van der Waals surface area contributed by atoms with Crippen LogP contribution in [-0.2, 0) is 0 Å². The minimum absolute atomic E-state index is 0.157. The molecule has 0 saturated carbocycles. The second-order valence-corrected chi connectivity index (χ2v) is 4.36. The van der Waals surface area contributed by atoms with Gasteiger partial charge in [0.05, 0.1) is 18.9 Å². The van der Waals surface area contributed by atoms with Crippen molar-refractivity contribution in [1.29, 1.82) is 5.26 Å². The first kappa shape index (κ1) is 12.3. The molecule has 18 heavy (non-hydrogen) atoms. The van der Waals surface area contributed by atoms with Crippen LogP contribution in [0.5, 0.6) is 5.75 Å². The quantitative estimate of drug-likeness (QED) is 0.920. The Bertz CT molecular complexity index is 636. The summed E-state index contributed by atoms with van der Waals surface area (Å²) in [6.07, 6.45) is 1.40. The van der Waals surface area contributed by atoms with E-state index < -0.39 is 0 Å². The normalized spacial score (nSPS) is 9.83. The zero-order chi connectivity index (χ0) is 13.1. The van der Waals surface area contributed by atoms with Gasteiger partial charge < -0.3 is 10.5 Å². The van der Waals surface area contributed by atoms with E-state index in [1.807, 2.05) is 18.2 Å². The monoisotopic (exact) mass is 304 g/mol. The molecule has 0 fully saturated rings. The molecule has 2 aromatic rings. The molecule has 0 amide bonds. The molecule has 1 aromatic carbocycles. The van der Waals surface area contributed by atoms with Gasteiger partial charge in [0.1, 0.15) is 23.2 Å². The number of nitriles is 1. The first-order valence-electron chi connectivity index (χ1n) is 5.02. The largest absolute Gasteiger partial charge is 0.496 e. The van der Waals surface area contributed by atoms with E-state index in [1.54, 1.807) is 13.2 Å². The van der Waals surface area contributed by atoms with E-state index in [4.69, 9.17) is 15.7 Å². The molecule has 6 heteroatoms. The van der Waals surface area contributed by atoms with Crippen LogP contribution < -0.4 is 10.5 Å². The summed E-state index contributed by atoms with van der Waals surface area (Å²) in [7, 11) is 1.57. The van der Waals surface area contributed by atoms with Gasteiger partial charge in [0.2, 0.25) is 0 Å². The highest BCUT2D eigenvalue weighted by molar-refractivity contribution is 9.10. The van der Waals surface area contributed by atoms with Crippen molar-refractivity contribution >= 4 is 21.7 Å². The predicted octanol–water partition coefficient (Wildman–Crippen LogP) is 2.37. The lowest BCUT2D eigenvalue weighted by Crippen LogP contribution is -2.00. The number of benzene rings is 1. The zero-order valence-corrected chi connectivity index (χ0v) is 11.1. The highest BCUT2D eigenvalue weighted by Gasteiger charge is 2.11. The van der Waals surface area contributed by atoms with Crippen molar-refractivity contribution in [2.45, 2.75) is 0 Å². The van der Waals surface area contributed by atoms with Crippen molar-refractivity contribution in [3.63, 3.8) is 0 Å². The first-order valence-corrected chi connectivity index (χ1v) is 5.81. The summed E-state index contributed by atoms with van der Waals surface area (Å²) in [6.45, 7) is 0. The smallest absolute Gasteiger partial charge is 0.165 e. The molecule has 0 saturated heterocycles. The Kier molecular flexibility index (Phi) is 3.44. The molecule has 0 aliphatic rings. The third kappa shape index (κ3) is 2.26. The van der Waals surface area contributed by atoms with Gasteiger partial charge in [0.15, 0.2) is 5.82 Å². The van der Waals surface area contributed by atoms with E-state index in [9.17, 15) is 0 Å². The predicted molar refractivity (Wildman–Crippen MR) is 70.8 cm³/mol. The fourth-order valence-electron chi connectivity index (χ4n) is 1.47. The van der Waals surface area contributed by atoms with Crippen LogP contribution in [-0.4, -0.2) is 17.1 Å². The zero-order valence-electron chi connectivity index (χ0n) is 9.51. The maximum absolute atomic E-state index is 8.78. The fraction of sp³-hybridized carbons (Fsp3) is 0.0833. The molecule has 0 spiro atoms. The van der Waals surface area contributed by atoms with Gasteiger partial charge in [-0.25, -0.2) is 9.97 Å². The SMILES string of the molecule is COc1ccc(Br)cc1-c1ncc(C#N)c(N)n1. The molecule has 0 bridgehead atoms. The van der Waals surface area contributed by atoms with E-state index in [-0.39, 0.29) is 11.4 Å². The fourth-order valence-corrected chi connectivity index (χ4v) is 1.83. The highest BCUT2D eigenvalue weighted by atomic mass is 79.9. The average molecular weight is 305 g/mol. The number of halogens is 1. The molecule has 2 N–H and O–H groups in total. The van der Waals surface area contributed by atoms with E-state index in [2.05, 4.69) is 25.9 Å². The van der Waals surface area contributed by atoms with Crippen LogP contribution in [0.25, 0.3) is 11.4 Å². The summed E-state index contributed by atoms with van der Waals surface area (Å²) in [4.78, 5) is 8.22. The number of nitrogens with zero attached hydrogens (tertiary/aromatic N) is 3. The van der Waals surface area contributed by atoms with Gasteiger partial charge in [-0.2, -0.15) is 5.26 Å². The molecule has 1 aromatic heterocycles. The molecular weight excluding hydrogens is 296 g/mol.